The molecule has 0 spiro atoms. The third-order valence-electron chi connectivity index (χ3n) is 4.57. The van der Waals surface area contributed by atoms with E-state index in [9.17, 15) is 4.79 Å². The minimum Gasteiger partial charge on any atom is -0.306 e. The van der Waals surface area contributed by atoms with E-state index in [0.29, 0.717) is 11.4 Å². The summed E-state index contributed by atoms with van der Waals surface area (Å²) in [5.74, 6) is 0.486. The molecule has 0 unspecified atom stereocenters. The van der Waals surface area contributed by atoms with Gasteiger partial charge in [0.05, 0.1) is 23.3 Å². The monoisotopic (exact) mass is 371 g/mol. The molecule has 0 aliphatic carbocycles. The highest BCUT2D eigenvalue weighted by atomic mass is 16.1. The van der Waals surface area contributed by atoms with E-state index in [1.165, 1.54) is 0 Å². The quantitative estimate of drug-likeness (QED) is 0.584. The van der Waals surface area contributed by atoms with Crippen LogP contribution in [0.15, 0.2) is 66.9 Å². The lowest BCUT2D eigenvalue weighted by molar-refractivity contribution is 0.102. The number of rotatable bonds is 4. The van der Waals surface area contributed by atoms with Crippen molar-refractivity contribution in [3.63, 3.8) is 0 Å². The third kappa shape index (κ3) is 3.32. The summed E-state index contributed by atoms with van der Waals surface area (Å²) in [7, 11) is 0. The lowest BCUT2D eigenvalue weighted by atomic mass is 10.2. The van der Waals surface area contributed by atoms with Gasteiger partial charge in [0.15, 0.2) is 0 Å². The normalized spacial score (nSPS) is 10.8. The van der Waals surface area contributed by atoms with Gasteiger partial charge in [-0.15, -0.1) is 0 Å². The van der Waals surface area contributed by atoms with Gasteiger partial charge in [0.25, 0.3) is 5.91 Å². The minimum absolute atomic E-state index is 0.180. The molecule has 0 aliphatic heterocycles. The Morgan fingerprint density at radius 3 is 2.21 bits per heavy atom. The van der Waals surface area contributed by atoms with Gasteiger partial charge in [-0.25, -0.2) is 9.36 Å². The Bertz CT molecular complexity index is 1120. The zero-order chi connectivity index (χ0) is 19.7. The molecule has 0 aliphatic rings. The minimum atomic E-state index is -0.180. The Morgan fingerprint density at radius 2 is 1.57 bits per heavy atom. The van der Waals surface area contributed by atoms with E-state index in [1.54, 1.807) is 23.0 Å². The van der Waals surface area contributed by atoms with Crippen LogP contribution in [-0.4, -0.2) is 25.5 Å². The first-order valence-electron chi connectivity index (χ1n) is 9.08. The highest BCUT2D eigenvalue weighted by Crippen LogP contribution is 2.20. The van der Waals surface area contributed by atoms with Gasteiger partial charge in [0, 0.05) is 16.8 Å². The predicted molar refractivity (Wildman–Crippen MR) is 109 cm³/mol. The number of carbonyl (C=O) groups excluding carboxylic acids is 1. The Balaban J connectivity index is 1.58. The fraction of sp³-hybridized carbons (Fsp3) is 0.136. The molecule has 4 aromatic rings. The number of carbonyl (C=O) groups is 1. The standard InChI is InChI=1S/C22H21N5O/c1-15-14-23-27(19-7-5-4-6-8-19)21(15)24-22(28)18-9-11-20(12-10-18)26-17(3)13-16(2)25-26/h4-14H,1-3H3,(H,24,28). The first kappa shape index (κ1) is 17.7. The van der Waals surface area contributed by atoms with Crippen molar-refractivity contribution in [3.05, 3.63) is 89.4 Å². The second kappa shape index (κ2) is 7.15. The zero-order valence-electron chi connectivity index (χ0n) is 16.0. The number of hydrogen-bond donors (Lipinski definition) is 1. The van der Waals surface area contributed by atoms with Crippen LogP contribution in [0.2, 0.25) is 0 Å². The number of anilines is 1. The van der Waals surface area contributed by atoms with Gasteiger partial charge in [-0.1, -0.05) is 18.2 Å². The number of amides is 1. The molecule has 140 valence electrons. The Hall–Kier alpha value is -3.67. The molecule has 1 N–H and O–H groups in total. The van der Waals surface area contributed by atoms with Gasteiger partial charge >= 0.3 is 0 Å². The van der Waals surface area contributed by atoms with E-state index < -0.39 is 0 Å². The molecule has 6 heteroatoms. The zero-order valence-corrected chi connectivity index (χ0v) is 16.0. The van der Waals surface area contributed by atoms with Crippen LogP contribution in [0.3, 0.4) is 0 Å². The van der Waals surface area contributed by atoms with Crippen molar-refractivity contribution in [3.8, 4) is 11.4 Å². The van der Waals surface area contributed by atoms with Gasteiger partial charge in [0.1, 0.15) is 5.82 Å². The molecular weight excluding hydrogens is 350 g/mol. The number of hydrogen-bond acceptors (Lipinski definition) is 3. The number of para-hydroxylation sites is 1. The van der Waals surface area contributed by atoms with Crippen molar-refractivity contribution in [1.29, 1.82) is 0 Å². The summed E-state index contributed by atoms with van der Waals surface area (Å²) in [6.07, 6.45) is 1.74. The van der Waals surface area contributed by atoms with Gasteiger partial charge in [-0.3, -0.25) is 4.79 Å². The first-order chi connectivity index (χ1) is 13.5. The average Bonchev–Trinajstić information content (AvgIpc) is 3.24. The summed E-state index contributed by atoms with van der Waals surface area (Å²) in [5.41, 5.74) is 5.31. The highest BCUT2D eigenvalue weighted by molar-refractivity contribution is 6.04. The van der Waals surface area contributed by atoms with Gasteiger partial charge < -0.3 is 5.32 Å². The van der Waals surface area contributed by atoms with Crippen molar-refractivity contribution < 1.29 is 4.79 Å². The molecule has 0 fully saturated rings. The number of aromatic nitrogens is 4. The van der Waals surface area contributed by atoms with E-state index in [0.717, 1.165) is 28.3 Å². The molecule has 1 amide bonds. The lowest BCUT2D eigenvalue weighted by Crippen LogP contribution is -2.16. The number of benzene rings is 2. The van der Waals surface area contributed by atoms with Gasteiger partial charge in [-0.2, -0.15) is 10.2 Å². The fourth-order valence-corrected chi connectivity index (χ4v) is 3.17. The van der Waals surface area contributed by atoms with Crippen LogP contribution in [0.5, 0.6) is 0 Å². The van der Waals surface area contributed by atoms with Crippen molar-refractivity contribution in [1.82, 2.24) is 19.6 Å². The van der Waals surface area contributed by atoms with Crippen LogP contribution < -0.4 is 5.32 Å². The van der Waals surface area contributed by atoms with Crippen LogP contribution >= 0.6 is 0 Å². The van der Waals surface area contributed by atoms with Crippen LogP contribution in [0.25, 0.3) is 11.4 Å². The van der Waals surface area contributed by atoms with Crippen molar-refractivity contribution in [2.24, 2.45) is 0 Å². The smallest absolute Gasteiger partial charge is 0.256 e. The Morgan fingerprint density at radius 1 is 0.893 bits per heavy atom. The number of nitrogens with one attached hydrogen (secondary N) is 1. The molecule has 0 saturated heterocycles. The van der Waals surface area contributed by atoms with E-state index in [4.69, 9.17) is 0 Å². The van der Waals surface area contributed by atoms with Crippen LogP contribution in [0.4, 0.5) is 5.82 Å². The van der Waals surface area contributed by atoms with Crippen LogP contribution in [-0.2, 0) is 0 Å². The SMILES string of the molecule is Cc1cc(C)n(-c2ccc(C(=O)Nc3c(C)cnn3-c3ccccc3)cc2)n1. The maximum Gasteiger partial charge on any atom is 0.256 e. The lowest BCUT2D eigenvalue weighted by Gasteiger charge is -2.11. The molecule has 28 heavy (non-hydrogen) atoms. The summed E-state index contributed by atoms with van der Waals surface area (Å²) in [6, 6.07) is 19.2. The van der Waals surface area contributed by atoms with Crippen LogP contribution in [0.1, 0.15) is 27.3 Å². The van der Waals surface area contributed by atoms with E-state index in [2.05, 4.69) is 15.5 Å². The maximum atomic E-state index is 12.8. The van der Waals surface area contributed by atoms with Gasteiger partial charge in [0.2, 0.25) is 0 Å². The molecule has 6 nitrogen and oxygen atoms in total. The fourth-order valence-electron chi connectivity index (χ4n) is 3.17. The highest BCUT2D eigenvalue weighted by Gasteiger charge is 2.14. The second-order valence-corrected chi connectivity index (χ2v) is 6.76. The third-order valence-corrected chi connectivity index (χ3v) is 4.57. The molecule has 0 bridgehead atoms. The van der Waals surface area contributed by atoms with Crippen molar-refractivity contribution >= 4 is 11.7 Å². The van der Waals surface area contributed by atoms with E-state index >= 15 is 0 Å². The molecule has 4 rings (SSSR count). The number of nitrogens with zero attached hydrogens (tertiary/aromatic N) is 4. The molecule has 0 atom stereocenters. The first-order valence-corrected chi connectivity index (χ1v) is 9.08. The topological polar surface area (TPSA) is 64.7 Å². The molecular formula is C22H21N5O. The Labute approximate surface area is 163 Å². The molecule has 2 aromatic heterocycles. The molecule has 2 aromatic carbocycles. The summed E-state index contributed by atoms with van der Waals surface area (Å²) in [5, 5.41) is 11.9. The maximum absolute atomic E-state index is 12.8. The molecule has 0 saturated carbocycles. The largest absolute Gasteiger partial charge is 0.306 e. The van der Waals surface area contributed by atoms with Gasteiger partial charge in [-0.05, 0) is 63.2 Å². The molecule has 2 heterocycles. The van der Waals surface area contributed by atoms with E-state index in [-0.39, 0.29) is 5.91 Å². The van der Waals surface area contributed by atoms with E-state index in [1.807, 2.05) is 74.0 Å². The predicted octanol–water partition coefficient (Wildman–Crippen LogP) is 4.24. The van der Waals surface area contributed by atoms with Crippen LogP contribution in [0, 0.1) is 20.8 Å². The summed E-state index contributed by atoms with van der Waals surface area (Å²) in [6.45, 7) is 5.89. The summed E-state index contributed by atoms with van der Waals surface area (Å²) < 4.78 is 3.60. The average molecular weight is 371 g/mol. The summed E-state index contributed by atoms with van der Waals surface area (Å²) in [4.78, 5) is 12.8. The van der Waals surface area contributed by atoms with Crippen molar-refractivity contribution in [2.45, 2.75) is 20.8 Å². The second-order valence-electron chi connectivity index (χ2n) is 6.76. The Kier molecular flexibility index (Phi) is 4.53. The van der Waals surface area contributed by atoms with Crippen molar-refractivity contribution in [2.75, 3.05) is 5.32 Å². The number of aryl methyl sites for hydroxylation is 3. The summed E-state index contributed by atoms with van der Waals surface area (Å²) >= 11 is 0. The molecule has 0 radical (unpaired) electrons.